The van der Waals surface area contributed by atoms with Gasteiger partial charge in [-0.05, 0) is 12.8 Å². The zero-order valence-electron chi connectivity index (χ0n) is 5.78. The Kier molecular flexibility index (Phi) is 6.22. The van der Waals surface area contributed by atoms with Gasteiger partial charge in [-0.15, -0.1) is 0 Å². The Morgan fingerprint density at radius 1 is 1.20 bits per heavy atom. The Bertz CT molecular complexity index is 112. The third kappa shape index (κ3) is 3.42. The molecule has 0 amide bonds. The van der Waals surface area contributed by atoms with Gasteiger partial charge in [-0.2, -0.15) is 4.90 Å². The van der Waals surface area contributed by atoms with Gasteiger partial charge in [0.05, 0.1) is 12.6 Å². The van der Waals surface area contributed by atoms with Crippen LogP contribution in [0.5, 0.6) is 0 Å². The molecule has 0 aromatic heterocycles. The number of thiol groups is 1. The van der Waals surface area contributed by atoms with Crippen LogP contribution < -0.4 is 0 Å². The summed E-state index contributed by atoms with van der Waals surface area (Å²) >= 11 is 7.59. The summed E-state index contributed by atoms with van der Waals surface area (Å²) in [5.74, 6) is 0. The third-order valence-corrected chi connectivity index (χ3v) is 2.25. The summed E-state index contributed by atoms with van der Waals surface area (Å²) in [7, 11) is 0. The number of likely N-dealkylation sites (tertiary alicyclic amines) is 1. The number of hydrogen-bond acceptors (Lipinski definition) is 0. The van der Waals surface area contributed by atoms with Crippen molar-refractivity contribution in [3.8, 4) is 0 Å². The molecule has 1 aliphatic heterocycles. The fourth-order valence-corrected chi connectivity index (χ4v) is 1.53. The van der Waals surface area contributed by atoms with Gasteiger partial charge < -0.3 is 0 Å². The second-order valence-corrected chi connectivity index (χ2v) is 3.69. The Balaban J connectivity index is 0.000000810. The predicted molar refractivity (Wildman–Crippen MR) is 49.3 cm³/mol. The molecule has 0 aromatic rings. The van der Waals surface area contributed by atoms with Gasteiger partial charge >= 0.3 is 4.32 Å². The van der Waals surface area contributed by atoms with E-state index in [1.54, 1.807) is 0 Å². The maximum Gasteiger partial charge on any atom is 0.445 e. The summed E-state index contributed by atoms with van der Waals surface area (Å²) in [5.41, 5.74) is 0. The molecule has 0 spiro atoms. The van der Waals surface area contributed by atoms with Gasteiger partial charge in [0.2, 0.25) is 12.2 Å². The van der Waals surface area contributed by atoms with Gasteiger partial charge in [-0.25, -0.2) is 0 Å². The van der Waals surface area contributed by atoms with E-state index in [-0.39, 0.29) is 19.5 Å². The topological polar surface area (TPSA) is 3.24 Å². The normalized spacial score (nSPS) is 19.7. The molecule has 0 bridgehead atoms. The molecule has 1 fully saturated rings. The molecule has 0 saturated carbocycles. The van der Waals surface area contributed by atoms with Crippen LogP contribution >= 0.6 is 0 Å². The van der Waals surface area contributed by atoms with E-state index in [1.165, 1.54) is 32.4 Å². The van der Waals surface area contributed by atoms with E-state index in [4.69, 9.17) is 0 Å². The van der Waals surface area contributed by atoms with Crippen LogP contribution in [-0.4, -0.2) is 22.3 Å². The Hall–Kier alpha value is 1.02. The van der Waals surface area contributed by atoms with Crippen molar-refractivity contribution in [1.29, 1.82) is 0 Å². The Morgan fingerprint density at radius 2 is 1.70 bits per heavy atom. The van der Waals surface area contributed by atoms with E-state index in [2.05, 4.69) is 29.7 Å². The molecular formula is C6H13NRuS2+2. The molecule has 1 aliphatic rings. The average Bonchev–Trinajstić information content (AvgIpc) is 1.90. The number of piperidine rings is 1. The van der Waals surface area contributed by atoms with Crippen molar-refractivity contribution in [2.45, 2.75) is 19.3 Å². The van der Waals surface area contributed by atoms with Crippen LogP contribution in [-0.2, 0) is 44.3 Å². The second-order valence-electron chi connectivity index (χ2n) is 2.37. The summed E-state index contributed by atoms with van der Waals surface area (Å²) in [5, 5.41) is 0. The first-order valence-corrected chi connectivity index (χ1v) is 4.28. The maximum atomic E-state index is 4.20. The third-order valence-electron chi connectivity index (χ3n) is 1.66. The second kappa shape index (κ2) is 5.65. The molecular weight excluding hydrogens is 251 g/mol. The molecule has 60 valence electrons. The molecule has 4 heteroatoms. The molecule has 0 N–H and O–H groups in total. The van der Waals surface area contributed by atoms with Crippen molar-refractivity contribution in [1.82, 2.24) is 4.90 Å². The van der Waals surface area contributed by atoms with Crippen molar-refractivity contribution in [2.75, 3.05) is 13.1 Å². The molecule has 0 aliphatic carbocycles. The van der Waals surface area contributed by atoms with Crippen molar-refractivity contribution < 1.29 is 19.5 Å². The van der Waals surface area contributed by atoms with E-state index in [0.29, 0.717) is 0 Å². The van der Waals surface area contributed by atoms with E-state index in [1.807, 2.05) is 0 Å². The first-order valence-electron chi connectivity index (χ1n) is 3.33. The van der Waals surface area contributed by atoms with Gasteiger partial charge in [0.15, 0.2) is 0 Å². The van der Waals surface area contributed by atoms with Crippen LogP contribution in [0.4, 0.5) is 0 Å². The van der Waals surface area contributed by atoms with E-state index in [0.717, 1.165) is 4.32 Å². The minimum Gasteiger partial charge on any atom is -0.184 e. The SMILES string of the molecule is [Ru].[SH+]=C([SH2+])N1CCCCC1. The molecule has 1 rings (SSSR count). The fourth-order valence-electron chi connectivity index (χ4n) is 1.11. The minimum atomic E-state index is 0. The standard InChI is InChI=1S/C6H11NS2.Ru/c8-6(9)7-4-2-1-3-5-7;/h1-5H2,(H,8,9);/p+2. The van der Waals surface area contributed by atoms with Crippen molar-refractivity contribution in [3.05, 3.63) is 0 Å². The van der Waals surface area contributed by atoms with Crippen LogP contribution in [0, 0.1) is 0 Å². The van der Waals surface area contributed by atoms with Crippen LogP contribution in [0.25, 0.3) is 0 Å². The molecule has 1 heterocycles. The Labute approximate surface area is 85.7 Å². The van der Waals surface area contributed by atoms with E-state index in [9.17, 15) is 0 Å². The zero-order chi connectivity index (χ0) is 6.69. The molecule has 0 unspecified atom stereocenters. The number of nitrogens with zero attached hydrogens (tertiary/aromatic N) is 1. The first kappa shape index (κ1) is 11.0. The van der Waals surface area contributed by atoms with E-state index >= 15 is 0 Å². The quantitative estimate of drug-likeness (QED) is 0.254. The van der Waals surface area contributed by atoms with Crippen molar-refractivity contribution >= 4 is 29.2 Å². The minimum absolute atomic E-state index is 0. The summed E-state index contributed by atoms with van der Waals surface area (Å²) < 4.78 is 0.981. The Morgan fingerprint density at radius 3 is 2.00 bits per heavy atom. The van der Waals surface area contributed by atoms with E-state index < -0.39 is 0 Å². The van der Waals surface area contributed by atoms with Crippen LogP contribution in [0.15, 0.2) is 0 Å². The summed E-state index contributed by atoms with van der Waals surface area (Å²) in [6, 6.07) is 0. The van der Waals surface area contributed by atoms with Gasteiger partial charge in [0, 0.05) is 32.6 Å². The van der Waals surface area contributed by atoms with Gasteiger partial charge in [-0.1, -0.05) is 6.42 Å². The zero-order valence-corrected chi connectivity index (χ0v) is 9.42. The predicted octanol–water partition coefficient (Wildman–Crippen LogP) is -0.152. The molecule has 1 saturated heterocycles. The molecule has 0 atom stereocenters. The van der Waals surface area contributed by atoms with Crippen LogP contribution in [0.3, 0.4) is 0 Å². The van der Waals surface area contributed by atoms with Crippen molar-refractivity contribution in [2.24, 2.45) is 0 Å². The molecule has 0 aromatic carbocycles. The largest absolute Gasteiger partial charge is 0.445 e. The first-order chi connectivity index (χ1) is 4.30. The number of rotatable bonds is 0. The molecule has 10 heavy (non-hydrogen) atoms. The maximum absolute atomic E-state index is 4.20. The van der Waals surface area contributed by atoms with Gasteiger partial charge in [0.25, 0.3) is 0 Å². The average molecular weight is 264 g/mol. The summed E-state index contributed by atoms with van der Waals surface area (Å²) in [6.45, 7) is 2.34. The van der Waals surface area contributed by atoms with Crippen LogP contribution in [0.2, 0.25) is 0 Å². The monoisotopic (exact) mass is 265 g/mol. The smallest absolute Gasteiger partial charge is 0.184 e. The van der Waals surface area contributed by atoms with Crippen molar-refractivity contribution in [3.63, 3.8) is 0 Å². The summed E-state index contributed by atoms with van der Waals surface area (Å²) in [4.78, 5) is 2.25. The fraction of sp³-hybridized carbons (Fsp3) is 0.833. The van der Waals surface area contributed by atoms with Gasteiger partial charge in [0.1, 0.15) is 0 Å². The molecule has 0 radical (unpaired) electrons. The summed E-state index contributed by atoms with van der Waals surface area (Å²) in [6.07, 6.45) is 4.01. The number of hydrogen-bond donors (Lipinski definition) is 0. The van der Waals surface area contributed by atoms with Gasteiger partial charge in [-0.3, -0.25) is 0 Å². The van der Waals surface area contributed by atoms with Crippen LogP contribution in [0.1, 0.15) is 19.3 Å². The molecule has 1 nitrogen and oxygen atoms in total.